The lowest BCUT2D eigenvalue weighted by Crippen LogP contribution is -2.33. The molecule has 0 aliphatic carbocycles. The van der Waals surface area contributed by atoms with Crippen LogP contribution in [0.3, 0.4) is 0 Å². The van der Waals surface area contributed by atoms with Crippen LogP contribution in [-0.2, 0) is 0 Å². The Kier molecular flexibility index (Phi) is 3.49. The Morgan fingerprint density at radius 1 is 1.32 bits per heavy atom. The first-order valence-corrected chi connectivity index (χ1v) is 8.79. The van der Waals surface area contributed by atoms with Crippen molar-refractivity contribution >= 4 is 40.1 Å². The zero-order valence-corrected chi connectivity index (χ0v) is 13.5. The fourth-order valence-electron chi connectivity index (χ4n) is 3.19. The highest BCUT2D eigenvalue weighted by molar-refractivity contribution is 7.98. The summed E-state index contributed by atoms with van der Waals surface area (Å²) in [5.74, 6) is 0.434. The molecule has 22 heavy (non-hydrogen) atoms. The Hall–Kier alpha value is -1.34. The van der Waals surface area contributed by atoms with Crippen molar-refractivity contribution in [3.8, 4) is 5.88 Å². The smallest absolute Gasteiger partial charge is 0.228 e. The monoisotopic (exact) mass is 340 g/mol. The Balaban J connectivity index is 2.07. The molecule has 0 aromatic carbocycles. The van der Waals surface area contributed by atoms with Crippen LogP contribution in [0.4, 0.5) is 10.2 Å². The number of thioether (sulfide) groups is 1. The van der Waals surface area contributed by atoms with E-state index < -0.39 is 5.82 Å². The summed E-state index contributed by atoms with van der Waals surface area (Å²) in [6.07, 6.45) is 4.97. The van der Waals surface area contributed by atoms with E-state index in [9.17, 15) is 4.39 Å². The zero-order valence-electron chi connectivity index (χ0n) is 12.0. The number of nitrogens with zero attached hydrogens (tertiary/aromatic N) is 4. The van der Waals surface area contributed by atoms with Crippen LogP contribution in [0.2, 0.25) is 5.15 Å². The number of hydrogen-bond donors (Lipinski definition) is 0. The first-order chi connectivity index (χ1) is 10.7. The van der Waals surface area contributed by atoms with Gasteiger partial charge in [-0.25, -0.2) is 14.4 Å². The third-order valence-electron chi connectivity index (χ3n) is 4.19. The van der Waals surface area contributed by atoms with E-state index in [0.717, 1.165) is 31.6 Å². The Morgan fingerprint density at radius 3 is 3.00 bits per heavy atom. The molecular weight excluding hydrogens is 327 g/mol. The Morgan fingerprint density at radius 2 is 2.18 bits per heavy atom. The number of halogens is 2. The van der Waals surface area contributed by atoms with Crippen molar-refractivity contribution in [2.45, 2.75) is 30.5 Å². The van der Waals surface area contributed by atoms with Gasteiger partial charge in [0.1, 0.15) is 16.7 Å². The summed E-state index contributed by atoms with van der Waals surface area (Å²) in [5, 5.41) is 0.852. The van der Waals surface area contributed by atoms with Gasteiger partial charge in [-0.2, -0.15) is 4.98 Å². The fourth-order valence-corrected chi connectivity index (χ4v) is 3.71. The lowest BCUT2D eigenvalue weighted by atomic mass is 10.1. The Bertz CT molecular complexity index is 759. The maximum atomic E-state index is 14.4. The van der Waals surface area contributed by atoms with Crippen LogP contribution in [0.15, 0.2) is 5.16 Å². The summed E-state index contributed by atoms with van der Waals surface area (Å²) in [4.78, 5) is 15.2. The highest BCUT2D eigenvalue weighted by Gasteiger charge is 2.32. The predicted octanol–water partition coefficient (Wildman–Crippen LogP) is 3.29. The quantitative estimate of drug-likeness (QED) is 0.451. The summed E-state index contributed by atoms with van der Waals surface area (Å²) in [7, 11) is 0. The lowest BCUT2D eigenvalue weighted by molar-refractivity contribution is 0.287. The second kappa shape index (κ2) is 5.38. The molecule has 0 bridgehead atoms. The van der Waals surface area contributed by atoms with E-state index in [-0.39, 0.29) is 10.7 Å². The molecule has 0 unspecified atom stereocenters. The van der Waals surface area contributed by atoms with E-state index in [1.54, 1.807) is 0 Å². The topological polar surface area (TPSA) is 51.1 Å². The highest BCUT2D eigenvalue weighted by atomic mass is 35.5. The average Bonchev–Trinajstić information content (AvgIpc) is 2.97. The zero-order chi connectivity index (χ0) is 15.3. The van der Waals surface area contributed by atoms with E-state index in [1.807, 2.05) is 6.26 Å². The van der Waals surface area contributed by atoms with Crippen molar-refractivity contribution in [1.29, 1.82) is 0 Å². The van der Waals surface area contributed by atoms with Crippen molar-refractivity contribution in [1.82, 2.24) is 15.0 Å². The first kappa shape index (κ1) is 14.3. The van der Waals surface area contributed by atoms with Gasteiger partial charge in [0.25, 0.3) is 0 Å². The summed E-state index contributed by atoms with van der Waals surface area (Å²) in [5.41, 5.74) is 0.192. The minimum absolute atomic E-state index is 0.192. The van der Waals surface area contributed by atoms with Gasteiger partial charge in [-0.15, -0.1) is 0 Å². The number of rotatable bonds is 1. The van der Waals surface area contributed by atoms with Crippen LogP contribution in [0.25, 0.3) is 10.9 Å². The molecule has 5 nitrogen and oxygen atoms in total. The number of ether oxygens (including phenoxy) is 1. The fraction of sp³-hybridized carbons (Fsp3) is 0.500. The summed E-state index contributed by atoms with van der Waals surface area (Å²) in [6, 6.07) is 0.375. The molecule has 2 aliphatic rings. The van der Waals surface area contributed by atoms with E-state index in [0.29, 0.717) is 29.1 Å². The molecule has 2 aromatic rings. The number of fused-ring (bicyclic) bond motifs is 2. The maximum Gasteiger partial charge on any atom is 0.228 e. The maximum absolute atomic E-state index is 14.4. The van der Waals surface area contributed by atoms with Crippen LogP contribution in [0.1, 0.15) is 19.3 Å². The molecule has 4 rings (SSSR count). The van der Waals surface area contributed by atoms with Crippen molar-refractivity contribution in [3.05, 3.63) is 11.0 Å². The van der Waals surface area contributed by atoms with Gasteiger partial charge in [0, 0.05) is 19.0 Å². The van der Waals surface area contributed by atoms with Gasteiger partial charge >= 0.3 is 0 Å². The minimum Gasteiger partial charge on any atom is -0.477 e. The van der Waals surface area contributed by atoms with Crippen LogP contribution in [0, 0.1) is 5.82 Å². The average molecular weight is 341 g/mol. The summed E-state index contributed by atoms with van der Waals surface area (Å²) < 4.78 is 20.2. The van der Waals surface area contributed by atoms with E-state index in [4.69, 9.17) is 16.3 Å². The Labute approximate surface area is 136 Å². The van der Waals surface area contributed by atoms with Gasteiger partial charge in [0.2, 0.25) is 5.88 Å². The second-order valence-corrected chi connectivity index (χ2v) is 6.54. The van der Waals surface area contributed by atoms with Crippen LogP contribution in [0.5, 0.6) is 5.88 Å². The molecule has 2 aliphatic heterocycles. The number of pyridine rings is 1. The number of aromatic nitrogens is 3. The van der Waals surface area contributed by atoms with Crippen LogP contribution >= 0.6 is 23.4 Å². The molecule has 1 saturated heterocycles. The van der Waals surface area contributed by atoms with E-state index >= 15 is 0 Å². The number of hydrogen-bond acceptors (Lipinski definition) is 6. The molecule has 0 radical (unpaired) electrons. The van der Waals surface area contributed by atoms with Gasteiger partial charge in [0.15, 0.2) is 16.1 Å². The summed E-state index contributed by atoms with van der Waals surface area (Å²) >= 11 is 7.29. The molecule has 116 valence electrons. The molecule has 0 spiro atoms. The molecule has 1 fully saturated rings. The number of anilines is 1. The van der Waals surface area contributed by atoms with Crippen molar-refractivity contribution < 1.29 is 9.13 Å². The largest absolute Gasteiger partial charge is 0.477 e. The molecule has 0 amide bonds. The molecule has 4 heterocycles. The third kappa shape index (κ3) is 2.10. The normalized spacial score (nSPS) is 20.5. The minimum atomic E-state index is -0.612. The van der Waals surface area contributed by atoms with Gasteiger partial charge in [-0.3, -0.25) is 0 Å². The molecule has 8 heteroatoms. The lowest BCUT2D eigenvalue weighted by Gasteiger charge is -2.29. The summed E-state index contributed by atoms with van der Waals surface area (Å²) in [6.45, 7) is 1.45. The predicted molar refractivity (Wildman–Crippen MR) is 84.6 cm³/mol. The standard InChI is InChI=1S/C14H14ClFN4OS/c1-22-14-17-10-8-12(19-14)20-5-2-3-7(20)4-6-21-13(8)18-11(15)9(10)16/h7H,2-6H2,1H3/t7-/m1/s1. The first-order valence-electron chi connectivity index (χ1n) is 7.19. The third-order valence-corrected chi connectivity index (χ3v) is 4.99. The molecule has 0 saturated carbocycles. The molecular formula is C14H14ClFN4OS. The van der Waals surface area contributed by atoms with Gasteiger partial charge < -0.3 is 9.64 Å². The van der Waals surface area contributed by atoms with Crippen molar-refractivity contribution in [2.75, 3.05) is 24.3 Å². The molecule has 2 aromatic heterocycles. The van der Waals surface area contributed by atoms with Gasteiger partial charge in [-0.05, 0) is 19.1 Å². The second-order valence-electron chi connectivity index (χ2n) is 5.41. The highest BCUT2D eigenvalue weighted by Crippen LogP contribution is 2.40. The van der Waals surface area contributed by atoms with Crippen LogP contribution < -0.4 is 9.64 Å². The van der Waals surface area contributed by atoms with E-state index in [1.165, 1.54) is 11.8 Å². The van der Waals surface area contributed by atoms with E-state index in [2.05, 4.69) is 19.9 Å². The van der Waals surface area contributed by atoms with Crippen molar-refractivity contribution in [2.24, 2.45) is 0 Å². The molecule has 0 N–H and O–H groups in total. The van der Waals surface area contributed by atoms with Gasteiger partial charge in [0.05, 0.1) is 6.61 Å². The molecule has 1 atom stereocenters. The SMILES string of the molecule is CSc1nc2c3c(nc(Cl)c(F)c3n1)OCC[C@H]1CCCN21. The van der Waals surface area contributed by atoms with Gasteiger partial charge in [-0.1, -0.05) is 23.4 Å². The van der Waals surface area contributed by atoms with Crippen LogP contribution in [-0.4, -0.2) is 40.4 Å². The van der Waals surface area contributed by atoms with Crippen molar-refractivity contribution in [3.63, 3.8) is 0 Å².